The summed E-state index contributed by atoms with van der Waals surface area (Å²) in [6.45, 7) is 18.8. The molecule has 0 fully saturated rings. The second-order valence-corrected chi connectivity index (χ2v) is 3.91. The third-order valence-electron chi connectivity index (χ3n) is 1.70. The molecule has 0 aromatic rings. The molecule has 0 aromatic carbocycles. The monoisotopic (exact) mass is 277 g/mol. The molecule has 0 rings (SSSR count). The van der Waals surface area contributed by atoms with Gasteiger partial charge >= 0.3 is 0 Å². The van der Waals surface area contributed by atoms with E-state index in [4.69, 9.17) is 0 Å². The van der Waals surface area contributed by atoms with E-state index in [9.17, 15) is 4.79 Å². The predicted molar refractivity (Wildman–Crippen MR) is 91.5 cm³/mol. The lowest BCUT2D eigenvalue weighted by Crippen LogP contribution is -2.40. The van der Waals surface area contributed by atoms with Gasteiger partial charge in [-0.25, -0.2) is 0 Å². The first-order valence-corrected chi connectivity index (χ1v) is 7.18. The van der Waals surface area contributed by atoms with Gasteiger partial charge < -0.3 is 5.32 Å². The van der Waals surface area contributed by atoms with Crippen LogP contribution >= 0.6 is 0 Å². The fraction of sp³-hybridized carbons (Fsp3) is 0.500. The highest BCUT2D eigenvalue weighted by molar-refractivity contribution is 5.74. The van der Waals surface area contributed by atoms with Crippen molar-refractivity contribution in [2.45, 2.75) is 60.9 Å². The molecule has 0 spiro atoms. The SMILES string of the molecule is C=C/C(C#CC(C)(C)NC(C)=O)=C\C=C/C.CC.CC. The minimum Gasteiger partial charge on any atom is -0.341 e. The van der Waals surface area contributed by atoms with Crippen LogP contribution in [0.25, 0.3) is 0 Å². The molecule has 20 heavy (non-hydrogen) atoms. The van der Waals surface area contributed by atoms with Crippen LogP contribution in [-0.4, -0.2) is 11.4 Å². The number of hydrogen-bond acceptors (Lipinski definition) is 1. The van der Waals surface area contributed by atoms with E-state index in [1.54, 1.807) is 6.08 Å². The highest BCUT2D eigenvalue weighted by atomic mass is 16.1. The summed E-state index contributed by atoms with van der Waals surface area (Å²) >= 11 is 0. The van der Waals surface area contributed by atoms with Crippen LogP contribution in [0.2, 0.25) is 0 Å². The number of rotatable bonds is 3. The van der Waals surface area contributed by atoms with Crippen LogP contribution in [0.3, 0.4) is 0 Å². The van der Waals surface area contributed by atoms with Crippen molar-refractivity contribution in [3.8, 4) is 11.8 Å². The molecular formula is C18H31NO. The zero-order valence-electron chi connectivity index (χ0n) is 14.4. The molecule has 1 N–H and O–H groups in total. The molecule has 0 atom stereocenters. The minimum atomic E-state index is -0.524. The summed E-state index contributed by atoms with van der Waals surface area (Å²) in [5, 5.41) is 2.76. The summed E-state index contributed by atoms with van der Waals surface area (Å²) in [7, 11) is 0. The molecule has 2 nitrogen and oxygen atoms in total. The van der Waals surface area contributed by atoms with E-state index in [1.807, 2.05) is 66.7 Å². The van der Waals surface area contributed by atoms with Gasteiger partial charge in [-0.05, 0) is 26.8 Å². The molecule has 0 aromatic heterocycles. The molecule has 114 valence electrons. The Morgan fingerprint density at radius 2 is 1.70 bits per heavy atom. The molecule has 0 radical (unpaired) electrons. The maximum atomic E-state index is 10.9. The van der Waals surface area contributed by atoms with Gasteiger partial charge in [0.15, 0.2) is 0 Å². The Balaban J connectivity index is -0.000000656. The first-order valence-electron chi connectivity index (χ1n) is 7.18. The van der Waals surface area contributed by atoms with Gasteiger partial charge in [0.25, 0.3) is 0 Å². The van der Waals surface area contributed by atoms with Gasteiger partial charge in [0, 0.05) is 12.5 Å². The maximum absolute atomic E-state index is 10.9. The average molecular weight is 277 g/mol. The summed E-state index contributed by atoms with van der Waals surface area (Å²) in [4.78, 5) is 10.9. The van der Waals surface area contributed by atoms with E-state index in [0.29, 0.717) is 0 Å². The van der Waals surface area contributed by atoms with Crippen LogP contribution in [0, 0.1) is 11.8 Å². The van der Waals surface area contributed by atoms with E-state index < -0.39 is 5.54 Å². The molecule has 0 saturated carbocycles. The Labute approximate surface area is 126 Å². The number of hydrogen-bond donors (Lipinski definition) is 1. The molecule has 1 amide bonds. The average Bonchev–Trinajstić information content (AvgIpc) is 2.42. The smallest absolute Gasteiger partial charge is 0.218 e. The lowest BCUT2D eigenvalue weighted by Gasteiger charge is -2.18. The molecule has 0 aliphatic carbocycles. The number of amides is 1. The standard InChI is InChI=1S/C14H19NO.2C2H6/c1-6-8-9-13(7-2)10-11-14(4,5)15-12(3)16;2*1-2/h6-9H,2H2,1,3-5H3,(H,15,16);2*1-2H3/b8-6-,13-9+;;. The second kappa shape index (κ2) is 15.3. The van der Waals surface area contributed by atoms with Crippen molar-refractivity contribution < 1.29 is 4.79 Å². The molecular weight excluding hydrogens is 246 g/mol. The van der Waals surface area contributed by atoms with Gasteiger partial charge in [0.2, 0.25) is 5.91 Å². The van der Waals surface area contributed by atoms with Crippen molar-refractivity contribution in [1.29, 1.82) is 0 Å². The fourth-order valence-corrected chi connectivity index (χ4v) is 1.06. The number of allylic oxidation sites excluding steroid dienone is 5. The van der Waals surface area contributed by atoms with Crippen molar-refractivity contribution in [2.75, 3.05) is 0 Å². The highest BCUT2D eigenvalue weighted by Gasteiger charge is 2.14. The normalized spacial score (nSPS) is 10.1. The molecule has 0 saturated heterocycles. The zero-order chi connectivity index (χ0) is 16.6. The zero-order valence-corrected chi connectivity index (χ0v) is 14.4. The van der Waals surface area contributed by atoms with Crippen molar-refractivity contribution in [3.63, 3.8) is 0 Å². The minimum absolute atomic E-state index is 0.0862. The summed E-state index contributed by atoms with van der Waals surface area (Å²) in [6, 6.07) is 0. The van der Waals surface area contributed by atoms with Crippen LogP contribution in [0.5, 0.6) is 0 Å². The van der Waals surface area contributed by atoms with E-state index in [2.05, 4.69) is 23.7 Å². The summed E-state index contributed by atoms with van der Waals surface area (Å²) in [6.07, 6.45) is 7.39. The Bertz CT molecular complexity index is 376. The van der Waals surface area contributed by atoms with Crippen molar-refractivity contribution in [2.24, 2.45) is 0 Å². The van der Waals surface area contributed by atoms with Crippen LogP contribution < -0.4 is 5.32 Å². The fourth-order valence-electron chi connectivity index (χ4n) is 1.06. The largest absolute Gasteiger partial charge is 0.341 e. The second-order valence-electron chi connectivity index (χ2n) is 3.91. The molecule has 0 unspecified atom stereocenters. The molecule has 0 heterocycles. The Morgan fingerprint density at radius 3 is 2.05 bits per heavy atom. The number of carbonyl (C=O) groups excluding carboxylic acids is 1. The van der Waals surface area contributed by atoms with Crippen molar-refractivity contribution in [3.05, 3.63) is 36.5 Å². The van der Waals surface area contributed by atoms with Crippen molar-refractivity contribution >= 4 is 5.91 Å². The molecule has 2 heteroatoms. The quantitative estimate of drug-likeness (QED) is 0.590. The predicted octanol–water partition coefficient (Wildman–Crippen LogP) is 4.65. The molecule has 0 bridgehead atoms. The third-order valence-corrected chi connectivity index (χ3v) is 1.70. The lowest BCUT2D eigenvalue weighted by atomic mass is 10.1. The van der Waals surface area contributed by atoms with E-state index >= 15 is 0 Å². The summed E-state index contributed by atoms with van der Waals surface area (Å²) in [5.74, 6) is 5.89. The van der Waals surface area contributed by atoms with Gasteiger partial charge in [-0.3, -0.25) is 4.79 Å². The summed E-state index contributed by atoms with van der Waals surface area (Å²) in [5.41, 5.74) is 0.306. The van der Waals surface area contributed by atoms with E-state index in [0.717, 1.165) is 5.57 Å². The van der Waals surface area contributed by atoms with Crippen LogP contribution in [-0.2, 0) is 4.79 Å². The number of carbonyl (C=O) groups is 1. The summed E-state index contributed by atoms with van der Waals surface area (Å²) < 4.78 is 0. The number of nitrogens with one attached hydrogen (secondary N) is 1. The van der Waals surface area contributed by atoms with Crippen LogP contribution in [0.1, 0.15) is 55.4 Å². The van der Waals surface area contributed by atoms with Gasteiger partial charge in [-0.2, -0.15) is 0 Å². The van der Waals surface area contributed by atoms with Gasteiger partial charge in [0.05, 0.1) is 5.54 Å². The van der Waals surface area contributed by atoms with Crippen LogP contribution in [0.15, 0.2) is 36.5 Å². The first-order chi connectivity index (χ1) is 9.41. The highest BCUT2D eigenvalue weighted by Crippen LogP contribution is 2.01. The van der Waals surface area contributed by atoms with Crippen molar-refractivity contribution in [1.82, 2.24) is 5.32 Å². The topological polar surface area (TPSA) is 29.1 Å². The molecule has 0 aliphatic rings. The Hall–Kier alpha value is -1.75. The van der Waals surface area contributed by atoms with E-state index in [-0.39, 0.29) is 5.91 Å². The first kappa shape index (κ1) is 23.4. The molecule has 0 aliphatic heterocycles. The van der Waals surface area contributed by atoms with Crippen LogP contribution in [0.4, 0.5) is 0 Å². The third kappa shape index (κ3) is 16.2. The Kier molecular flexibility index (Phi) is 17.9. The van der Waals surface area contributed by atoms with Gasteiger partial charge in [-0.1, -0.05) is 64.3 Å². The lowest BCUT2D eigenvalue weighted by molar-refractivity contribution is -0.119. The van der Waals surface area contributed by atoms with Gasteiger partial charge in [-0.15, -0.1) is 0 Å². The van der Waals surface area contributed by atoms with E-state index in [1.165, 1.54) is 6.92 Å². The van der Waals surface area contributed by atoms with Gasteiger partial charge in [0.1, 0.15) is 0 Å². The maximum Gasteiger partial charge on any atom is 0.218 e. The Morgan fingerprint density at radius 1 is 1.20 bits per heavy atom.